The minimum atomic E-state index is -0.981. The van der Waals surface area contributed by atoms with Crippen LogP contribution in [0.5, 0.6) is 0 Å². The third-order valence-electron chi connectivity index (χ3n) is 13.0. The number of hydrogen-bond donors (Lipinski definition) is 12. The predicted molar refractivity (Wildman–Crippen MR) is 292 cm³/mol. The molecule has 0 aliphatic carbocycles. The molecule has 31 nitrogen and oxygen atoms in total. The molecule has 12 N–H and O–H groups in total. The summed E-state index contributed by atoms with van der Waals surface area (Å²) in [5.41, 5.74) is -0.222. The van der Waals surface area contributed by atoms with Crippen LogP contribution in [-0.2, 0) is 79.5 Å². The first-order valence-corrected chi connectivity index (χ1v) is 26.7. The van der Waals surface area contributed by atoms with Crippen LogP contribution >= 0.6 is 0 Å². The van der Waals surface area contributed by atoms with Crippen LogP contribution in [0.3, 0.4) is 0 Å². The van der Waals surface area contributed by atoms with E-state index < -0.39 is 88.0 Å². The van der Waals surface area contributed by atoms with E-state index in [9.17, 15) is 73.2 Å². The van der Waals surface area contributed by atoms with Crippen LogP contribution in [0.4, 0.5) is 0 Å². The van der Waals surface area contributed by atoms with Crippen LogP contribution in [0.1, 0.15) is 111 Å². The average Bonchev–Trinajstić information content (AvgIpc) is 3.52. The normalized spacial score (nSPS) is 11.9. The first-order valence-electron chi connectivity index (χ1n) is 26.7. The van der Waals surface area contributed by atoms with Crippen LogP contribution in [0.25, 0.3) is 0 Å². The number of carbonyl (C=O) groups excluding carboxylic acids is 9. The Hall–Kier alpha value is -8.25. The molecule has 0 saturated heterocycles. The average molecular weight is 1210 g/mol. The quantitative estimate of drug-likeness (QED) is 0.0203. The zero-order valence-corrected chi connectivity index (χ0v) is 49.3. The smallest absolute Gasteiger partial charge is 0.304 e. The molecule has 9 amide bonds. The summed E-state index contributed by atoms with van der Waals surface area (Å²) in [7, 11) is 0. The molecule has 0 fully saturated rings. The van der Waals surface area contributed by atoms with Gasteiger partial charge in [-0.05, 0) is 62.3 Å². The summed E-state index contributed by atoms with van der Waals surface area (Å²) in [6.45, 7) is 14.6. The van der Waals surface area contributed by atoms with E-state index in [0.717, 1.165) is 0 Å². The van der Waals surface area contributed by atoms with Gasteiger partial charge in [-0.1, -0.05) is 0 Å². The maximum atomic E-state index is 12.8. The molecule has 0 aliphatic heterocycles. The molecular formula is C51H78FeN16O15. The van der Waals surface area contributed by atoms with Crippen molar-refractivity contribution in [3.8, 4) is 0 Å². The Morgan fingerprint density at radius 1 is 0.398 bits per heavy atom. The van der Waals surface area contributed by atoms with E-state index in [4.69, 9.17) is 0 Å². The van der Waals surface area contributed by atoms with Gasteiger partial charge in [0.2, 0.25) is 53.2 Å². The van der Waals surface area contributed by atoms with Gasteiger partial charge in [-0.2, -0.15) is 0 Å². The molecule has 0 bridgehead atoms. The van der Waals surface area contributed by atoms with Gasteiger partial charge in [-0.15, -0.1) is 14.2 Å². The Kier molecular flexibility index (Phi) is 29.8. The molecule has 0 radical (unpaired) electrons. The number of amides is 9. The van der Waals surface area contributed by atoms with E-state index in [2.05, 4.69) is 62.8 Å². The standard InChI is InChI=1S/C51H78N16O15.Fe/c1-28-34(7)65(80)49(77)37(58-28)10-13-43(71)61-31(4)46(74)55-19-16-40(68)52-22-25-64(26-23-53-41(69)17-20-56-47(75)32(5)62-44(72)14-11-38-50(78)66(81)35(8)29(2)59-38)27-24-54-42(70)18-21-57-48(76)33(6)63-45(73)15-12-39-51(79)67(82)36(9)30(3)60-39;/h31-33,80-82H,10-27H2,1-9H3,(H,52,68)(H,53,69)(H,54,70)(H,55,74)(H,56,75)(H,57,76)(H,61,71)(H,62,72)(H,63,73);. The molecule has 3 heterocycles. The number of rotatable bonds is 33. The number of hydrogen-bond acceptors (Lipinski definition) is 19. The molecular weight excluding hydrogens is 1130 g/mol. The number of nitrogens with one attached hydrogen (secondary N) is 9. The first-order chi connectivity index (χ1) is 38.6. The van der Waals surface area contributed by atoms with Crippen LogP contribution in [-0.4, -0.2) is 180 Å². The van der Waals surface area contributed by atoms with Gasteiger partial charge < -0.3 is 63.5 Å². The molecule has 3 rings (SSSR count). The molecule has 32 heteroatoms. The van der Waals surface area contributed by atoms with Crippen molar-refractivity contribution in [2.24, 2.45) is 0 Å². The number of aromatic nitrogens is 6. The first kappa shape index (κ1) is 70.9. The summed E-state index contributed by atoms with van der Waals surface area (Å²) in [5.74, 6) is -4.57. The van der Waals surface area contributed by atoms with Crippen molar-refractivity contribution in [1.29, 1.82) is 0 Å². The summed E-state index contributed by atoms with van der Waals surface area (Å²) in [5, 5.41) is 53.4. The molecule has 3 atom stereocenters. The summed E-state index contributed by atoms with van der Waals surface area (Å²) >= 11 is 0. The Labute approximate surface area is 488 Å². The van der Waals surface area contributed by atoms with Crippen molar-refractivity contribution in [1.82, 2.24) is 81.9 Å². The molecule has 83 heavy (non-hydrogen) atoms. The molecule has 460 valence electrons. The monoisotopic (exact) mass is 1210 g/mol. The van der Waals surface area contributed by atoms with Crippen molar-refractivity contribution >= 4 is 53.2 Å². The van der Waals surface area contributed by atoms with E-state index in [1.165, 1.54) is 41.5 Å². The van der Waals surface area contributed by atoms with Gasteiger partial charge in [0.1, 0.15) is 35.2 Å². The second-order valence-corrected chi connectivity index (χ2v) is 19.4. The summed E-state index contributed by atoms with van der Waals surface area (Å²) < 4.78 is 1.40. The predicted octanol–water partition coefficient (Wildman–Crippen LogP) is -4.20. The van der Waals surface area contributed by atoms with Crippen molar-refractivity contribution in [2.45, 2.75) is 138 Å². The molecule has 0 spiro atoms. The molecule has 0 aliphatic rings. The topological polar surface area (TPSA) is 430 Å². The van der Waals surface area contributed by atoms with Crippen molar-refractivity contribution < 1.29 is 75.8 Å². The third-order valence-corrected chi connectivity index (χ3v) is 13.0. The Bertz CT molecular complexity index is 2690. The fraction of sp³-hybridized carbons (Fsp3) is 0.588. The maximum Gasteiger partial charge on any atom is 0.304 e. The Balaban J connectivity index is 0.0000235. The Morgan fingerprint density at radius 3 is 0.880 bits per heavy atom. The summed E-state index contributed by atoms with van der Waals surface area (Å²) in [6, 6.07) is -2.94. The van der Waals surface area contributed by atoms with E-state index in [-0.39, 0.29) is 168 Å². The molecule has 3 unspecified atom stereocenters. The van der Waals surface area contributed by atoms with Gasteiger partial charge in [-0.3, -0.25) is 77.4 Å². The van der Waals surface area contributed by atoms with Gasteiger partial charge in [-0.25, -0.2) is 0 Å². The van der Waals surface area contributed by atoms with Gasteiger partial charge >= 0.3 is 16.7 Å². The van der Waals surface area contributed by atoms with E-state index in [1.807, 2.05) is 4.90 Å². The second kappa shape index (κ2) is 34.9. The second-order valence-electron chi connectivity index (χ2n) is 19.4. The molecule has 0 saturated carbocycles. The minimum absolute atomic E-state index is 0. The van der Waals surface area contributed by atoms with E-state index in [1.54, 1.807) is 20.8 Å². The van der Waals surface area contributed by atoms with Gasteiger partial charge in [0.25, 0.3) is 0 Å². The van der Waals surface area contributed by atoms with Crippen molar-refractivity contribution in [3.63, 3.8) is 0 Å². The van der Waals surface area contributed by atoms with Crippen LogP contribution in [0.15, 0.2) is 14.4 Å². The number of aryl methyl sites for hydroxylation is 6. The number of nitrogens with zero attached hydrogens (tertiary/aromatic N) is 7. The van der Waals surface area contributed by atoms with Gasteiger partial charge in [0, 0.05) is 134 Å². The maximum absolute atomic E-state index is 12.8. The zero-order chi connectivity index (χ0) is 61.4. The SMILES string of the molecule is Cc1nc(CCC(=O)NC(C)C(=O)NCCC(=O)NCCN(CCNC(=O)CCNC(=O)C(C)NC(=O)CCc2nc(C)c(C)n(O)c2=O)CCNC(=O)CCNC(=O)C(C)NC(=O)CCc2nc(C)c(C)n(O)c2=O)c(=O)n(O)c1C.[Fe]. The van der Waals surface area contributed by atoms with Crippen molar-refractivity contribution in [2.75, 3.05) is 58.9 Å². The third kappa shape index (κ3) is 23.6. The van der Waals surface area contributed by atoms with Crippen LogP contribution < -0.4 is 64.5 Å². The van der Waals surface area contributed by atoms with E-state index >= 15 is 0 Å². The van der Waals surface area contributed by atoms with Gasteiger partial charge in [0.05, 0.1) is 34.2 Å². The summed E-state index contributed by atoms with van der Waals surface area (Å²) in [6.07, 6.45) is -1.12. The fourth-order valence-electron chi connectivity index (χ4n) is 7.62. The number of carbonyl (C=O) groups is 9. The Morgan fingerprint density at radius 2 is 0.639 bits per heavy atom. The van der Waals surface area contributed by atoms with Gasteiger partial charge in [0.15, 0.2) is 0 Å². The summed E-state index contributed by atoms with van der Waals surface area (Å²) in [4.78, 5) is 165. The largest absolute Gasteiger partial charge is 0.425 e. The van der Waals surface area contributed by atoms with Crippen LogP contribution in [0, 0.1) is 41.5 Å². The zero-order valence-electron chi connectivity index (χ0n) is 48.2. The molecule has 0 aromatic carbocycles. The molecule has 3 aromatic heterocycles. The van der Waals surface area contributed by atoms with E-state index in [0.29, 0.717) is 31.3 Å². The molecule has 3 aromatic rings. The minimum Gasteiger partial charge on any atom is -0.425 e. The van der Waals surface area contributed by atoms with Crippen molar-refractivity contribution in [3.05, 3.63) is 82.3 Å². The van der Waals surface area contributed by atoms with Crippen LogP contribution in [0.2, 0.25) is 0 Å². The fourth-order valence-corrected chi connectivity index (χ4v) is 7.62.